The van der Waals surface area contributed by atoms with Gasteiger partial charge in [0.05, 0.1) is 12.1 Å². The number of carbonyl (C=O) groups is 1. The second-order valence-electron chi connectivity index (χ2n) is 5.85. The van der Waals surface area contributed by atoms with Crippen LogP contribution in [0.25, 0.3) is 0 Å². The van der Waals surface area contributed by atoms with Crippen molar-refractivity contribution in [3.8, 4) is 6.07 Å². The molecule has 1 rings (SSSR count). The van der Waals surface area contributed by atoms with Gasteiger partial charge >= 0.3 is 6.09 Å². The molecule has 1 unspecified atom stereocenters. The Morgan fingerprint density at radius 3 is 2.67 bits per heavy atom. The monoisotopic (exact) mass is 301 g/mol. The Kier molecular flexibility index (Phi) is 6.09. The number of allylic oxidation sites excluding steroid dienone is 1. The van der Waals surface area contributed by atoms with E-state index in [1.165, 1.54) is 11.0 Å². The third-order valence-corrected chi connectivity index (χ3v) is 3.01. The van der Waals surface area contributed by atoms with Crippen LogP contribution in [0.5, 0.6) is 0 Å². The molecule has 1 fully saturated rings. The van der Waals surface area contributed by atoms with E-state index in [4.69, 9.17) is 10.00 Å². The van der Waals surface area contributed by atoms with Crippen LogP contribution in [-0.2, 0) is 4.74 Å². The molecule has 1 atom stereocenters. The van der Waals surface area contributed by atoms with Crippen molar-refractivity contribution in [1.29, 1.82) is 5.26 Å². The molecule has 1 amide bonds. The smallest absolute Gasteiger partial charge is 0.410 e. The Hall–Kier alpha value is -1.68. The number of amides is 1. The minimum Gasteiger partial charge on any atom is -0.444 e. The molecular formula is C14H21F2N3O2. The normalized spacial score (nSPS) is 20.8. The molecule has 1 aliphatic heterocycles. The van der Waals surface area contributed by atoms with Gasteiger partial charge in [-0.05, 0) is 20.8 Å². The summed E-state index contributed by atoms with van der Waals surface area (Å²) < 4.78 is 31.5. The summed E-state index contributed by atoms with van der Waals surface area (Å²) in [6, 6.07) is 0.778. The third-order valence-electron chi connectivity index (χ3n) is 3.01. The summed E-state index contributed by atoms with van der Waals surface area (Å²) in [5, 5.41) is 8.42. The van der Waals surface area contributed by atoms with Crippen LogP contribution in [0.2, 0.25) is 0 Å². The predicted octanol–water partition coefficient (Wildman–Crippen LogP) is 2.25. The van der Waals surface area contributed by atoms with Gasteiger partial charge < -0.3 is 9.64 Å². The van der Waals surface area contributed by atoms with Gasteiger partial charge in [-0.1, -0.05) is 6.08 Å². The summed E-state index contributed by atoms with van der Waals surface area (Å²) in [7, 11) is 0. The van der Waals surface area contributed by atoms with E-state index in [9.17, 15) is 13.6 Å². The Balaban J connectivity index is 2.66. The van der Waals surface area contributed by atoms with Crippen molar-refractivity contribution in [2.75, 3.05) is 26.2 Å². The molecule has 7 heteroatoms. The number of piperazine rings is 1. The molecule has 5 nitrogen and oxygen atoms in total. The van der Waals surface area contributed by atoms with Gasteiger partial charge in [-0.25, -0.2) is 13.6 Å². The first-order chi connectivity index (χ1) is 9.74. The molecule has 0 saturated carbocycles. The lowest BCUT2D eigenvalue weighted by molar-refractivity contribution is -0.0315. The van der Waals surface area contributed by atoms with Gasteiger partial charge in [-0.15, -0.1) is 0 Å². The number of hydrogen-bond donors (Lipinski definition) is 0. The van der Waals surface area contributed by atoms with Crippen molar-refractivity contribution >= 4 is 6.09 Å². The summed E-state index contributed by atoms with van der Waals surface area (Å²) >= 11 is 0. The first kappa shape index (κ1) is 17.4. The molecule has 118 valence electrons. The lowest BCUT2D eigenvalue weighted by atomic mass is 10.1. The maximum absolute atomic E-state index is 13.1. The quantitative estimate of drug-likeness (QED) is 0.750. The zero-order valence-electron chi connectivity index (χ0n) is 12.6. The number of ether oxygens (including phenoxy) is 1. The Morgan fingerprint density at radius 1 is 1.48 bits per heavy atom. The Morgan fingerprint density at radius 2 is 2.14 bits per heavy atom. The Bertz CT molecular complexity index is 427. The average Bonchev–Trinajstić information content (AvgIpc) is 2.37. The molecule has 0 aromatic heterocycles. The first-order valence-corrected chi connectivity index (χ1v) is 6.79. The zero-order valence-corrected chi connectivity index (χ0v) is 12.6. The molecule has 0 aliphatic carbocycles. The van der Waals surface area contributed by atoms with Gasteiger partial charge in [0, 0.05) is 32.3 Å². The molecule has 21 heavy (non-hydrogen) atoms. The highest BCUT2D eigenvalue weighted by molar-refractivity contribution is 5.68. The standard InChI is InChI=1S/C14H21F2N3O2/c1-14(2,3)21-13(20)19-9-8-18(7-5-4-6-17)11(10-19)12(15)16/h4-5,11-12H,7-10H2,1-3H3/b5-4-. The molecule has 0 aromatic rings. The highest BCUT2D eigenvalue weighted by Gasteiger charge is 2.36. The minimum absolute atomic E-state index is 0.0764. The number of nitriles is 1. The van der Waals surface area contributed by atoms with E-state index < -0.39 is 24.2 Å². The Labute approximate surface area is 123 Å². The number of alkyl halides is 2. The molecule has 0 spiro atoms. The van der Waals surface area contributed by atoms with Gasteiger partial charge in [-0.3, -0.25) is 4.90 Å². The van der Waals surface area contributed by atoms with Crippen LogP contribution in [0.3, 0.4) is 0 Å². The van der Waals surface area contributed by atoms with Crippen molar-refractivity contribution in [2.24, 2.45) is 0 Å². The molecule has 1 aliphatic rings. The van der Waals surface area contributed by atoms with E-state index >= 15 is 0 Å². The van der Waals surface area contributed by atoms with Gasteiger partial charge in [0.2, 0.25) is 0 Å². The van der Waals surface area contributed by atoms with Gasteiger partial charge in [0.15, 0.2) is 0 Å². The molecule has 0 bridgehead atoms. The molecular weight excluding hydrogens is 280 g/mol. The van der Waals surface area contributed by atoms with Crippen LogP contribution in [0.15, 0.2) is 12.2 Å². The number of hydrogen-bond acceptors (Lipinski definition) is 4. The van der Waals surface area contributed by atoms with Crippen LogP contribution < -0.4 is 0 Å². The molecule has 0 N–H and O–H groups in total. The topological polar surface area (TPSA) is 56.6 Å². The largest absolute Gasteiger partial charge is 0.444 e. The van der Waals surface area contributed by atoms with Crippen molar-refractivity contribution in [1.82, 2.24) is 9.80 Å². The van der Waals surface area contributed by atoms with E-state index in [1.807, 2.05) is 6.07 Å². The highest BCUT2D eigenvalue weighted by Crippen LogP contribution is 2.19. The molecule has 0 aromatic carbocycles. The lowest BCUT2D eigenvalue weighted by Crippen LogP contribution is -2.57. The number of carbonyl (C=O) groups excluding carboxylic acids is 1. The predicted molar refractivity (Wildman–Crippen MR) is 73.9 cm³/mol. The van der Waals surface area contributed by atoms with Crippen LogP contribution >= 0.6 is 0 Å². The van der Waals surface area contributed by atoms with Crippen LogP contribution in [0.1, 0.15) is 20.8 Å². The van der Waals surface area contributed by atoms with Crippen LogP contribution in [-0.4, -0.2) is 60.1 Å². The average molecular weight is 301 g/mol. The maximum atomic E-state index is 13.1. The van der Waals surface area contributed by atoms with Crippen molar-refractivity contribution in [3.05, 3.63) is 12.2 Å². The van der Waals surface area contributed by atoms with Gasteiger partial charge in [-0.2, -0.15) is 5.26 Å². The van der Waals surface area contributed by atoms with Crippen molar-refractivity contribution < 1.29 is 18.3 Å². The molecule has 1 heterocycles. The summed E-state index contributed by atoms with van der Waals surface area (Å²) in [5.74, 6) is 0. The fraction of sp³-hybridized carbons (Fsp3) is 0.714. The number of halogens is 2. The highest BCUT2D eigenvalue weighted by atomic mass is 19.3. The van der Waals surface area contributed by atoms with E-state index in [1.54, 1.807) is 31.7 Å². The molecule has 1 saturated heterocycles. The lowest BCUT2D eigenvalue weighted by Gasteiger charge is -2.40. The summed E-state index contributed by atoms with van der Waals surface area (Å²) in [6.07, 6.45) is -0.326. The van der Waals surface area contributed by atoms with E-state index in [0.29, 0.717) is 13.1 Å². The SMILES string of the molecule is CC(C)(C)OC(=O)N1CCN(C/C=C\C#N)C(C(F)F)C1. The van der Waals surface area contributed by atoms with Crippen LogP contribution in [0, 0.1) is 11.3 Å². The van der Waals surface area contributed by atoms with Crippen molar-refractivity contribution in [3.63, 3.8) is 0 Å². The zero-order chi connectivity index (χ0) is 16.0. The van der Waals surface area contributed by atoms with Gasteiger partial charge in [0.25, 0.3) is 6.43 Å². The summed E-state index contributed by atoms with van der Waals surface area (Å²) in [4.78, 5) is 14.8. The van der Waals surface area contributed by atoms with Crippen LogP contribution in [0.4, 0.5) is 13.6 Å². The van der Waals surface area contributed by atoms with Gasteiger partial charge in [0.1, 0.15) is 5.60 Å². The molecule has 0 radical (unpaired) electrons. The number of rotatable bonds is 3. The second-order valence-corrected chi connectivity index (χ2v) is 5.85. The van der Waals surface area contributed by atoms with E-state index in [0.717, 1.165) is 0 Å². The van der Waals surface area contributed by atoms with E-state index in [2.05, 4.69) is 0 Å². The second kappa shape index (κ2) is 7.36. The first-order valence-electron chi connectivity index (χ1n) is 6.79. The van der Waals surface area contributed by atoms with Crippen molar-refractivity contribution in [2.45, 2.75) is 38.8 Å². The fourth-order valence-electron chi connectivity index (χ4n) is 2.05. The fourth-order valence-corrected chi connectivity index (χ4v) is 2.05. The minimum atomic E-state index is -2.56. The summed E-state index contributed by atoms with van der Waals surface area (Å²) in [6.45, 7) is 6.05. The van der Waals surface area contributed by atoms with E-state index in [-0.39, 0.29) is 13.1 Å². The summed E-state index contributed by atoms with van der Waals surface area (Å²) in [5.41, 5.74) is -0.649. The number of nitrogens with zero attached hydrogens (tertiary/aromatic N) is 3. The third kappa shape index (κ3) is 5.68. The maximum Gasteiger partial charge on any atom is 0.410 e.